The molecule has 0 bridgehead atoms. The quantitative estimate of drug-likeness (QED) is 0.707. The Balaban J connectivity index is 2.79. The summed E-state index contributed by atoms with van der Waals surface area (Å²) >= 11 is 9.18. The zero-order valence-corrected chi connectivity index (χ0v) is 14.3. The Morgan fingerprint density at radius 1 is 1.45 bits per heavy atom. The monoisotopic (exact) mass is 383 g/mol. The molecule has 1 aromatic rings. The fraction of sp³-hybridized carbons (Fsp3) is 0.417. The lowest BCUT2D eigenvalue weighted by molar-refractivity contribution is -0.140. The van der Waals surface area contributed by atoms with Gasteiger partial charge in [0.25, 0.3) is 0 Å². The van der Waals surface area contributed by atoms with Gasteiger partial charge in [0.2, 0.25) is 10.0 Å². The van der Waals surface area contributed by atoms with E-state index < -0.39 is 10.0 Å². The molecule has 0 fully saturated rings. The lowest BCUT2D eigenvalue weighted by atomic mass is 10.3. The van der Waals surface area contributed by atoms with Gasteiger partial charge < -0.3 is 4.74 Å². The number of carbonyl (C=O) groups excluding carboxylic acids is 1. The van der Waals surface area contributed by atoms with Crippen molar-refractivity contribution in [2.45, 2.75) is 17.7 Å². The molecule has 0 saturated carbocycles. The Kier molecular flexibility index (Phi) is 6.44. The smallest absolute Gasteiger partial charge is 0.305 e. The van der Waals surface area contributed by atoms with Crippen molar-refractivity contribution in [3.63, 3.8) is 0 Å². The summed E-state index contributed by atoms with van der Waals surface area (Å²) in [5, 5.41) is 0.152. The van der Waals surface area contributed by atoms with Crippen LogP contribution < -0.4 is 0 Å². The first-order valence-corrected chi connectivity index (χ1v) is 8.38. The molecule has 0 atom stereocenters. The van der Waals surface area contributed by atoms with Crippen molar-refractivity contribution in [1.29, 1.82) is 0 Å². The normalized spacial score (nSPS) is 11.7. The third kappa shape index (κ3) is 4.44. The predicted molar refractivity (Wildman–Crippen MR) is 80.2 cm³/mol. The molecule has 0 aliphatic carbocycles. The van der Waals surface area contributed by atoms with E-state index in [0.717, 1.165) is 0 Å². The highest BCUT2D eigenvalue weighted by molar-refractivity contribution is 9.10. The van der Waals surface area contributed by atoms with E-state index in [0.29, 0.717) is 10.9 Å². The second-order valence-corrected chi connectivity index (χ2v) is 7.42. The predicted octanol–water partition coefficient (Wildman–Crippen LogP) is 2.68. The van der Waals surface area contributed by atoms with Gasteiger partial charge in [0.1, 0.15) is 4.90 Å². The minimum absolute atomic E-state index is 0.0444. The maximum absolute atomic E-state index is 12.3. The lowest BCUT2D eigenvalue weighted by Gasteiger charge is -2.17. The Morgan fingerprint density at radius 3 is 2.65 bits per heavy atom. The Bertz CT molecular complexity index is 591. The molecule has 8 heteroatoms. The van der Waals surface area contributed by atoms with Gasteiger partial charge in [0.05, 0.1) is 12.1 Å². The number of carbonyl (C=O) groups is 1. The third-order valence-electron chi connectivity index (χ3n) is 2.66. The molecule has 5 nitrogen and oxygen atoms in total. The van der Waals surface area contributed by atoms with Crippen LogP contribution in [0.1, 0.15) is 12.8 Å². The van der Waals surface area contributed by atoms with Crippen LogP contribution in [0.5, 0.6) is 0 Å². The second kappa shape index (κ2) is 7.40. The van der Waals surface area contributed by atoms with E-state index in [9.17, 15) is 13.2 Å². The van der Waals surface area contributed by atoms with E-state index >= 15 is 0 Å². The molecule has 0 aliphatic heterocycles. The van der Waals surface area contributed by atoms with Crippen molar-refractivity contribution < 1.29 is 17.9 Å². The van der Waals surface area contributed by atoms with Gasteiger partial charge in [-0.1, -0.05) is 27.5 Å². The molecule has 1 aromatic carbocycles. The van der Waals surface area contributed by atoms with E-state index in [1.54, 1.807) is 6.07 Å². The molecular formula is C12H15BrClNO4S. The van der Waals surface area contributed by atoms with Crippen molar-refractivity contribution in [3.8, 4) is 0 Å². The van der Waals surface area contributed by atoms with Gasteiger partial charge >= 0.3 is 5.97 Å². The van der Waals surface area contributed by atoms with E-state index in [-0.39, 0.29) is 28.9 Å². The first kappa shape index (κ1) is 17.4. The van der Waals surface area contributed by atoms with Crippen molar-refractivity contribution in [2.24, 2.45) is 0 Å². The summed E-state index contributed by atoms with van der Waals surface area (Å²) in [5.41, 5.74) is 0. The molecule has 20 heavy (non-hydrogen) atoms. The van der Waals surface area contributed by atoms with Crippen molar-refractivity contribution in [3.05, 3.63) is 27.7 Å². The van der Waals surface area contributed by atoms with Gasteiger partial charge in [-0.3, -0.25) is 4.79 Å². The van der Waals surface area contributed by atoms with Crippen LogP contribution >= 0.6 is 27.5 Å². The van der Waals surface area contributed by atoms with Gasteiger partial charge in [-0.05, 0) is 24.6 Å². The van der Waals surface area contributed by atoms with Crippen molar-refractivity contribution in [1.82, 2.24) is 4.31 Å². The van der Waals surface area contributed by atoms with Gasteiger partial charge in [0.15, 0.2) is 0 Å². The number of benzene rings is 1. The van der Waals surface area contributed by atoms with Crippen molar-refractivity contribution in [2.75, 3.05) is 20.7 Å². The van der Waals surface area contributed by atoms with Gasteiger partial charge in [0, 0.05) is 24.5 Å². The van der Waals surface area contributed by atoms with Gasteiger partial charge in [-0.2, -0.15) is 0 Å². The molecule has 0 amide bonds. The summed E-state index contributed by atoms with van der Waals surface area (Å²) in [6.45, 7) is 0.212. The van der Waals surface area contributed by atoms with E-state index in [2.05, 4.69) is 20.7 Å². The Labute approximate surface area is 132 Å². The summed E-state index contributed by atoms with van der Waals surface area (Å²) in [4.78, 5) is 11.0. The topological polar surface area (TPSA) is 63.7 Å². The van der Waals surface area contributed by atoms with Crippen molar-refractivity contribution >= 4 is 43.5 Å². The summed E-state index contributed by atoms with van der Waals surface area (Å²) in [6.07, 6.45) is 0.557. The third-order valence-corrected chi connectivity index (χ3v) is 5.50. The SMILES string of the molecule is COC(=O)CCCN(C)S(=O)(=O)c1ccc(Br)cc1Cl. The molecule has 0 radical (unpaired) electrons. The first-order chi connectivity index (χ1) is 9.28. The fourth-order valence-corrected chi connectivity index (χ4v) is 3.74. The van der Waals surface area contributed by atoms with Gasteiger partial charge in [-0.25, -0.2) is 12.7 Å². The number of nitrogens with zero attached hydrogens (tertiary/aromatic N) is 1. The number of halogens is 2. The largest absolute Gasteiger partial charge is 0.469 e. The maximum Gasteiger partial charge on any atom is 0.305 e. The molecule has 0 N–H and O–H groups in total. The molecule has 1 rings (SSSR count). The minimum Gasteiger partial charge on any atom is -0.469 e. The molecule has 0 heterocycles. The average Bonchev–Trinajstić information content (AvgIpc) is 2.37. The average molecular weight is 385 g/mol. The number of rotatable bonds is 6. The first-order valence-electron chi connectivity index (χ1n) is 5.77. The number of hydrogen-bond donors (Lipinski definition) is 0. The van der Waals surface area contributed by atoms with Crippen LogP contribution in [-0.4, -0.2) is 39.4 Å². The highest BCUT2D eigenvalue weighted by Crippen LogP contribution is 2.27. The zero-order chi connectivity index (χ0) is 15.3. The molecule has 0 unspecified atom stereocenters. The molecule has 0 saturated heterocycles. The van der Waals surface area contributed by atoms with Crippen LogP contribution in [0.2, 0.25) is 5.02 Å². The number of ether oxygens (including phenoxy) is 1. The molecule has 112 valence electrons. The minimum atomic E-state index is -3.66. The van der Waals surface area contributed by atoms with Crippen LogP contribution in [0, 0.1) is 0 Å². The maximum atomic E-state index is 12.3. The number of hydrogen-bond acceptors (Lipinski definition) is 4. The van der Waals surface area contributed by atoms with Crippen LogP contribution in [0.25, 0.3) is 0 Å². The summed E-state index contributed by atoms with van der Waals surface area (Å²) < 4.78 is 31.0. The van der Waals surface area contributed by atoms with Crippen LogP contribution in [0.4, 0.5) is 0 Å². The van der Waals surface area contributed by atoms with E-state index in [1.807, 2.05) is 0 Å². The lowest BCUT2D eigenvalue weighted by Crippen LogP contribution is -2.28. The second-order valence-electron chi connectivity index (χ2n) is 4.08. The summed E-state index contributed by atoms with van der Waals surface area (Å²) in [6, 6.07) is 4.58. The molecular weight excluding hydrogens is 370 g/mol. The number of methoxy groups -OCH3 is 1. The Hall–Kier alpha value is -0.630. The highest BCUT2D eigenvalue weighted by Gasteiger charge is 2.23. The Morgan fingerprint density at radius 2 is 2.10 bits per heavy atom. The van der Waals surface area contributed by atoms with E-state index in [4.69, 9.17) is 11.6 Å². The zero-order valence-electron chi connectivity index (χ0n) is 11.1. The molecule has 0 spiro atoms. The van der Waals surface area contributed by atoms with Crippen LogP contribution in [0.3, 0.4) is 0 Å². The van der Waals surface area contributed by atoms with Crippen LogP contribution in [-0.2, 0) is 19.6 Å². The number of sulfonamides is 1. The molecule has 0 aliphatic rings. The highest BCUT2D eigenvalue weighted by atomic mass is 79.9. The molecule has 0 aromatic heterocycles. The summed E-state index contributed by atoms with van der Waals surface area (Å²) in [7, 11) is -0.917. The van der Waals surface area contributed by atoms with Crippen LogP contribution in [0.15, 0.2) is 27.6 Å². The fourth-order valence-electron chi connectivity index (χ4n) is 1.52. The van der Waals surface area contributed by atoms with Gasteiger partial charge in [-0.15, -0.1) is 0 Å². The van der Waals surface area contributed by atoms with E-state index in [1.165, 1.54) is 30.6 Å². The number of esters is 1. The standard InChI is InChI=1S/C12H15BrClNO4S/c1-15(7-3-4-12(16)19-2)20(17,18)11-6-5-9(13)8-10(11)14/h5-6,8H,3-4,7H2,1-2H3. The summed E-state index contributed by atoms with van der Waals surface area (Å²) in [5.74, 6) is -0.363.